The van der Waals surface area contributed by atoms with E-state index in [2.05, 4.69) is 45.9 Å². The molecule has 0 saturated heterocycles. The predicted octanol–water partition coefficient (Wildman–Crippen LogP) is 6.68. The third-order valence-electron chi connectivity index (χ3n) is 6.41. The standard InChI is InChI=1S/C24H38O2/c1-5-19-10-13-23(18(4)15-19)26-24(14-17(2)3)25-22-12-11-20-8-6-7-9-21(20)16-22/h10,13,15,17,20-22,24H,5-9,11-12,14,16H2,1-4H3. The van der Waals surface area contributed by atoms with E-state index in [4.69, 9.17) is 9.47 Å². The SMILES string of the molecule is CCc1ccc(OC(CC(C)C)OC2CCC3CCCCC3C2)c(C)c1. The molecule has 1 aromatic carbocycles. The van der Waals surface area contributed by atoms with Crippen LogP contribution in [-0.4, -0.2) is 12.4 Å². The average molecular weight is 359 g/mol. The first-order valence-electron chi connectivity index (χ1n) is 11.0. The Labute approximate surface area is 160 Å². The summed E-state index contributed by atoms with van der Waals surface area (Å²) >= 11 is 0. The number of hydrogen-bond donors (Lipinski definition) is 0. The van der Waals surface area contributed by atoms with E-state index < -0.39 is 0 Å². The first-order chi connectivity index (χ1) is 12.5. The quantitative estimate of drug-likeness (QED) is 0.506. The highest BCUT2D eigenvalue weighted by atomic mass is 16.7. The summed E-state index contributed by atoms with van der Waals surface area (Å²) in [6.45, 7) is 8.85. The Kier molecular flexibility index (Phi) is 7.03. The highest BCUT2D eigenvalue weighted by Crippen LogP contribution is 2.41. The van der Waals surface area contributed by atoms with Crippen molar-refractivity contribution in [3.8, 4) is 5.75 Å². The van der Waals surface area contributed by atoms with Crippen LogP contribution in [0, 0.1) is 24.7 Å². The van der Waals surface area contributed by atoms with Gasteiger partial charge in [0.25, 0.3) is 0 Å². The molecular weight excluding hydrogens is 320 g/mol. The molecule has 146 valence electrons. The summed E-state index contributed by atoms with van der Waals surface area (Å²) in [6, 6.07) is 6.56. The molecule has 2 aliphatic rings. The van der Waals surface area contributed by atoms with Gasteiger partial charge in [0.15, 0.2) is 6.29 Å². The topological polar surface area (TPSA) is 18.5 Å². The Balaban J connectivity index is 1.62. The normalized spacial score (nSPS) is 27.2. The van der Waals surface area contributed by atoms with Gasteiger partial charge >= 0.3 is 0 Å². The van der Waals surface area contributed by atoms with Crippen molar-refractivity contribution in [3.63, 3.8) is 0 Å². The highest BCUT2D eigenvalue weighted by molar-refractivity contribution is 5.36. The summed E-state index contributed by atoms with van der Waals surface area (Å²) in [5, 5.41) is 0. The average Bonchev–Trinajstić information content (AvgIpc) is 2.62. The maximum atomic E-state index is 6.54. The minimum absolute atomic E-state index is 0.119. The van der Waals surface area contributed by atoms with Crippen LogP contribution in [0.2, 0.25) is 0 Å². The molecule has 0 bridgehead atoms. The maximum absolute atomic E-state index is 6.54. The van der Waals surface area contributed by atoms with E-state index in [1.807, 2.05) is 0 Å². The second-order valence-electron chi connectivity index (χ2n) is 9.01. The van der Waals surface area contributed by atoms with Crippen LogP contribution in [0.15, 0.2) is 18.2 Å². The van der Waals surface area contributed by atoms with Gasteiger partial charge in [-0.2, -0.15) is 0 Å². The zero-order chi connectivity index (χ0) is 18.5. The van der Waals surface area contributed by atoms with Gasteiger partial charge in [-0.15, -0.1) is 0 Å². The van der Waals surface area contributed by atoms with Gasteiger partial charge in [-0.25, -0.2) is 0 Å². The molecule has 0 amide bonds. The first kappa shape index (κ1) is 19.7. The van der Waals surface area contributed by atoms with Gasteiger partial charge in [0.1, 0.15) is 5.75 Å². The van der Waals surface area contributed by atoms with Crippen molar-refractivity contribution in [3.05, 3.63) is 29.3 Å². The number of rotatable bonds is 7. The molecule has 0 aliphatic heterocycles. The van der Waals surface area contributed by atoms with Crippen molar-refractivity contribution < 1.29 is 9.47 Å². The number of hydrogen-bond acceptors (Lipinski definition) is 2. The molecule has 0 radical (unpaired) electrons. The van der Waals surface area contributed by atoms with Crippen molar-refractivity contribution in [2.24, 2.45) is 17.8 Å². The molecule has 3 rings (SSSR count). The van der Waals surface area contributed by atoms with E-state index in [1.54, 1.807) is 0 Å². The molecule has 0 N–H and O–H groups in total. The van der Waals surface area contributed by atoms with Crippen molar-refractivity contribution in [1.82, 2.24) is 0 Å². The van der Waals surface area contributed by atoms with Gasteiger partial charge in [0, 0.05) is 6.42 Å². The summed E-state index contributed by atoms with van der Waals surface area (Å²) in [7, 11) is 0. The Morgan fingerprint density at radius 2 is 1.81 bits per heavy atom. The molecule has 1 aromatic rings. The van der Waals surface area contributed by atoms with Gasteiger partial charge in [0.2, 0.25) is 0 Å². The molecule has 0 heterocycles. The molecule has 2 fully saturated rings. The third kappa shape index (κ3) is 5.25. The van der Waals surface area contributed by atoms with E-state index in [0.29, 0.717) is 12.0 Å². The largest absolute Gasteiger partial charge is 0.465 e. The fraction of sp³-hybridized carbons (Fsp3) is 0.750. The number of ether oxygens (including phenoxy) is 2. The Morgan fingerprint density at radius 1 is 1.04 bits per heavy atom. The summed E-state index contributed by atoms with van der Waals surface area (Å²) in [6.07, 6.45) is 11.8. The third-order valence-corrected chi connectivity index (χ3v) is 6.41. The monoisotopic (exact) mass is 358 g/mol. The molecule has 4 atom stereocenters. The lowest BCUT2D eigenvalue weighted by atomic mass is 9.70. The summed E-state index contributed by atoms with van der Waals surface area (Å²) in [5.41, 5.74) is 2.59. The number of fused-ring (bicyclic) bond motifs is 1. The Bertz CT molecular complexity index is 565. The minimum atomic E-state index is -0.119. The Morgan fingerprint density at radius 3 is 2.50 bits per heavy atom. The molecule has 26 heavy (non-hydrogen) atoms. The predicted molar refractivity (Wildman–Crippen MR) is 109 cm³/mol. The maximum Gasteiger partial charge on any atom is 0.200 e. The number of benzene rings is 1. The van der Waals surface area contributed by atoms with E-state index >= 15 is 0 Å². The number of aryl methyl sites for hydroxylation is 2. The van der Waals surface area contributed by atoms with Crippen LogP contribution < -0.4 is 4.74 Å². The second kappa shape index (κ2) is 9.26. The molecule has 0 spiro atoms. The van der Waals surface area contributed by atoms with Crippen LogP contribution >= 0.6 is 0 Å². The highest BCUT2D eigenvalue weighted by Gasteiger charge is 2.34. The van der Waals surface area contributed by atoms with Crippen LogP contribution in [0.1, 0.15) is 83.3 Å². The van der Waals surface area contributed by atoms with Crippen molar-refractivity contribution in [2.45, 2.75) is 97.9 Å². The zero-order valence-electron chi connectivity index (χ0n) is 17.3. The summed E-state index contributed by atoms with van der Waals surface area (Å²) in [5.74, 6) is 3.42. The van der Waals surface area contributed by atoms with E-state index in [1.165, 1.54) is 56.1 Å². The molecule has 2 saturated carbocycles. The molecular formula is C24H38O2. The Hall–Kier alpha value is -1.02. The van der Waals surface area contributed by atoms with Crippen LogP contribution in [0.4, 0.5) is 0 Å². The lowest BCUT2D eigenvalue weighted by molar-refractivity contribution is -0.146. The van der Waals surface area contributed by atoms with Crippen molar-refractivity contribution >= 4 is 0 Å². The molecule has 2 heteroatoms. The zero-order valence-corrected chi connectivity index (χ0v) is 17.3. The van der Waals surface area contributed by atoms with Gasteiger partial charge in [-0.1, -0.05) is 58.6 Å². The van der Waals surface area contributed by atoms with Crippen LogP contribution in [0.5, 0.6) is 5.75 Å². The van der Waals surface area contributed by atoms with Crippen LogP contribution in [0.25, 0.3) is 0 Å². The molecule has 4 unspecified atom stereocenters. The fourth-order valence-electron chi connectivity index (χ4n) is 4.89. The van der Waals surface area contributed by atoms with Gasteiger partial charge in [0.05, 0.1) is 6.10 Å². The lowest BCUT2D eigenvalue weighted by Gasteiger charge is -2.40. The van der Waals surface area contributed by atoms with Crippen LogP contribution in [0.3, 0.4) is 0 Å². The minimum Gasteiger partial charge on any atom is -0.465 e. The van der Waals surface area contributed by atoms with Crippen molar-refractivity contribution in [1.29, 1.82) is 0 Å². The van der Waals surface area contributed by atoms with Gasteiger partial charge in [-0.3, -0.25) is 0 Å². The fourth-order valence-corrected chi connectivity index (χ4v) is 4.89. The molecule has 2 aliphatic carbocycles. The van der Waals surface area contributed by atoms with E-state index in [0.717, 1.165) is 30.4 Å². The van der Waals surface area contributed by atoms with E-state index in [-0.39, 0.29) is 6.29 Å². The molecule has 2 nitrogen and oxygen atoms in total. The molecule has 0 aromatic heterocycles. The second-order valence-corrected chi connectivity index (χ2v) is 9.01. The summed E-state index contributed by atoms with van der Waals surface area (Å²) < 4.78 is 12.9. The van der Waals surface area contributed by atoms with Crippen LogP contribution in [-0.2, 0) is 11.2 Å². The smallest absolute Gasteiger partial charge is 0.200 e. The van der Waals surface area contributed by atoms with Gasteiger partial charge in [-0.05, 0) is 67.6 Å². The van der Waals surface area contributed by atoms with Crippen molar-refractivity contribution in [2.75, 3.05) is 0 Å². The van der Waals surface area contributed by atoms with Gasteiger partial charge < -0.3 is 9.47 Å². The lowest BCUT2D eigenvalue weighted by Crippen LogP contribution is -2.36. The summed E-state index contributed by atoms with van der Waals surface area (Å²) in [4.78, 5) is 0. The van der Waals surface area contributed by atoms with E-state index in [9.17, 15) is 0 Å². The first-order valence-corrected chi connectivity index (χ1v) is 11.0.